The first-order chi connectivity index (χ1) is 14.9. The molecule has 10 heteroatoms. The summed E-state index contributed by atoms with van der Waals surface area (Å²) in [6.07, 6.45) is 8.32. The van der Waals surface area contributed by atoms with Crippen molar-refractivity contribution in [1.29, 1.82) is 0 Å². The van der Waals surface area contributed by atoms with Crippen molar-refractivity contribution >= 4 is 15.7 Å². The maximum atomic E-state index is 13.1. The Hall–Kier alpha value is -2.98. The molecule has 0 radical (unpaired) electrons. The van der Waals surface area contributed by atoms with E-state index in [0.717, 1.165) is 29.8 Å². The summed E-state index contributed by atoms with van der Waals surface area (Å²) < 4.78 is 37.5. The fourth-order valence-electron chi connectivity index (χ4n) is 3.63. The highest BCUT2D eigenvalue weighted by Crippen LogP contribution is 2.26. The lowest BCUT2D eigenvalue weighted by Gasteiger charge is -2.18. The molecule has 0 fully saturated rings. The summed E-state index contributed by atoms with van der Waals surface area (Å²) >= 11 is 0. The van der Waals surface area contributed by atoms with Gasteiger partial charge in [0.05, 0.1) is 30.7 Å². The average molecular weight is 443 g/mol. The van der Waals surface area contributed by atoms with Crippen LogP contribution in [0.3, 0.4) is 0 Å². The van der Waals surface area contributed by atoms with Crippen molar-refractivity contribution in [2.24, 2.45) is 0 Å². The van der Waals surface area contributed by atoms with Crippen molar-refractivity contribution in [2.75, 3.05) is 13.7 Å². The number of pyridine rings is 1. The molecule has 0 saturated heterocycles. The predicted molar refractivity (Wildman–Crippen MR) is 116 cm³/mol. The summed E-state index contributed by atoms with van der Waals surface area (Å²) in [5.41, 5.74) is 3.35. The number of hydrogen-bond donors (Lipinski definition) is 1. The minimum absolute atomic E-state index is 0.0884. The first kappa shape index (κ1) is 21.3. The SMILES string of the molecule is COCCn1ncc2c1C(NS(=O)(=O)c1ccc(-n3nccc3C(C)C)nc1)=CCC2. The van der Waals surface area contributed by atoms with Crippen molar-refractivity contribution in [3.05, 3.63) is 59.8 Å². The highest BCUT2D eigenvalue weighted by molar-refractivity contribution is 7.89. The van der Waals surface area contributed by atoms with Crippen LogP contribution >= 0.6 is 0 Å². The van der Waals surface area contributed by atoms with Gasteiger partial charge in [0.25, 0.3) is 10.0 Å². The molecule has 3 aromatic rings. The van der Waals surface area contributed by atoms with E-state index in [4.69, 9.17) is 4.74 Å². The number of rotatable bonds is 8. The van der Waals surface area contributed by atoms with Gasteiger partial charge in [-0.3, -0.25) is 9.40 Å². The summed E-state index contributed by atoms with van der Waals surface area (Å²) in [5.74, 6) is 0.842. The molecule has 3 heterocycles. The third-order valence-corrected chi connectivity index (χ3v) is 6.55. The second kappa shape index (κ2) is 8.64. The van der Waals surface area contributed by atoms with E-state index in [9.17, 15) is 8.42 Å². The van der Waals surface area contributed by atoms with Gasteiger partial charge in [-0.2, -0.15) is 10.2 Å². The van der Waals surface area contributed by atoms with Gasteiger partial charge in [0.15, 0.2) is 5.82 Å². The van der Waals surface area contributed by atoms with E-state index in [2.05, 4.69) is 33.8 Å². The number of methoxy groups -OCH3 is 1. The van der Waals surface area contributed by atoms with Crippen LogP contribution in [0, 0.1) is 0 Å². The lowest BCUT2D eigenvalue weighted by molar-refractivity contribution is 0.183. The van der Waals surface area contributed by atoms with Crippen LogP contribution in [0.25, 0.3) is 11.5 Å². The van der Waals surface area contributed by atoms with E-state index < -0.39 is 10.0 Å². The number of fused-ring (bicyclic) bond motifs is 1. The monoisotopic (exact) mass is 442 g/mol. The molecule has 0 amide bonds. The molecule has 1 aliphatic carbocycles. The average Bonchev–Trinajstić information content (AvgIpc) is 3.40. The Bertz CT molecular complexity index is 1190. The second-order valence-electron chi connectivity index (χ2n) is 7.67. The molecular formula is C21H26N6O3S. The minimum Gasteiger partial charge on any atom is -0.383 e. The third-order valence-electron chi connectivity index (χ3n) is 5.20. The van der Waals surface area contributed by atoms with Crippen molar-refractivity contribution in [3.8, 4) is 5.82 Å². The molecule has 0 aromatic carbocycles. The van der Waals surface area contributed by atoms with Gasteiger partial charge in [0.2, 0.25) is 0 Å². The zero-order valence-corrected chi connectivity index (χ0v) is 18.6. The smallest absolute Gasteiger partial charge is 0.263 e. The highest BCUT2D eigenvalue weighted by atomic mass is 32.2. The molecule has 3 aromatic heterocycles. The minimum atomic E-state index is -3.81. The van der Waals surface area contributed by atoms with E-state index >= 15 is 0 Å². The Balaban J connectivity index is 1.58. The fourth-order valence-corrected chi connectivity index (χ4v) is 4.65. The molecule has 0 saturated carbocycles. The molecular weight excluding hydrogens is 416 g/mol. The first-order valence-electron chi connectivity index (χ1n) is 10.2. The molecule has 1 aliphatic rings. The lowest BCUT2D eigenvalue weighted by atomic mass is 10.0. The Kier molecular flexibility index (Phi) is 5.92. The van der Waals surface area contributed by atoms with Gasteiger partial charge in [-0.25, -0.2) is 18.1 Å². The van der Waals surface area contributed by atoms with Gasteiger partial charge in [0.1, 0.15) is 4.90 Å². The van der Waals surface area contributed by atoms with Gasteiger partial charge in [-0.05, 0) is 42.5 Å². The molecule has 0 spiro atoms. The van der Waals surface area contributed by atoms with Crippen LogP contribution in [0.1, 0.15) is 43.1 Å². The Morgan fingerprint density at radius 2 is 2.03 bits per heavy atom. The number of hydrogen-bond acceptors (Lipinski definition) is 6. The standard InChI is InChI=1S/C21H26N6O3S/c1-15(2)19-9-10-23-27(19)20-8-7-17(14-22-20)31(28,29)25-18-6-4-5-16-13-24-26(21(16)18)11-12-30-3/h6-10,13-15,25H,4-5,11-12H2,1-3H3. The van der Waals surface area contributed by atoms with Crippen molar-refractivity contribution in [3.63, 3.8) is 0 Å². The zero-order chi connectivity index (χ0) is 22.0. The van der Waals surface area contributed by atoms with Crippen LogP contribution < -0.4 is 4.72 Å². The van der Waals surface area contributed by atoms with Gasteiger partial charge in [-0.15, -0.1) is 0 Å². The maximum absolute atomic E-state index is 13.1. The van der Waals surface area contributed by atoms with E-state index in [0.29, 0.717) is 24.7 Å². The van der Waals surface area contributed by atoms with Crippen LogP contribution in [0.15, 0.2) is 47.8 Å². The van der Waals surface area contributed by atoms with E-state index in [-0.39, 0.29) is 10.8 Å². The largest absolute Gasteiger partial charge is 0.383 e. The molecule has 0 bridgehead atoms. The summed E-state index contributed by atoms with van der Waals surface area (Å²) in [6, 6.07) is 5.14. The molecule has 1 N–H and O–H groups in total. The molecule has 4 rings (SSSR count). The maximum Gasteiger partial charge on any atom is 0.263 e. The van der Waals surface area contributed by atoms with Crippen LogP contribution in [-0.4, -0.2) is 46.7 Å². The quantitative estimate of drug-likeness (QED) is 0.575. The molecule has 9 nitrogen and oxygen atoms in total. The zero-order valence-electron chi connectivity index (χ0n) is 17.8. The third kappa shape index (κ3) is 4.26. The molecule has 31 heavy (non-hydrogen) atoms. The van der Waals surface area contributed by atoms with E-state index in [1.807, 2.05) is 12.1 Å². The predicted octanol–water partition coefficient (Wildman–Crippen LogP) is 2.50. The summed E-state index contributed by atoms with van der Waals surface area (Å²) in [7, 11) is -2.19. The van der Waals surface area contributed by atoms with E-state index in [1.165, 1.54) is 6.20 Å². The number of sulfonamides is 1. The van der Waals surface area contributed by atoms with Gasteiger partial charge >= 0.3 is 0 Å². The molecule has 0 aliphatic heterocycles. The number of nitrogens with zero attached hydrogens (tertiary/aromatic N) is 5. The van der Waals surface area contributed by atoms with E-state index in [1.54, 1.807) is 41.0 Å². The van der Waals surface area contributed by atoms with Gasteiger partial charge in [0, 0.05) is 25.2 Å². The van der Waals surface area contributed by atoms with Crippen LogP contribution in [-0.2, 0) is 27.7 Å². The Labute approximate surface area is 181 Å². The van der Waals surface area contributed by atoms with Crippen molar-refractivity contribution in [1.82, 2.24) is 29.3 Å². The number of allylic oxidation sites excluding steroid dienone is 1. The lowest BCUT2D eigenvalue weighted by Crippen LogP contribution is -2.26. The van der Waals surface area contributed by atoms with Gasteiger partial charge < -0.3 is 4.74 Å². The summed E-state index contributed by atoms with van der Waals surface area (Å²) in [4.78, 5) is 4.43. The number of aryl methyl sites for hydroxylation is 1. The second-order valence-corrected chi connectivity index (χ2v) is 9.35. The van der Waals surface area contributed by atoms with Crippen molar-refractivity contribution < 1.29 is 13.2 Å². The van der Waals surface area contributed by atoms with Crippen LogP contribution in [0.5, 0.6) is 0 Å². The number of nitrogens with one attached hydrogen (secondary N) is 1. The topological polar surface area (TPSA) is 104 Å². The highest BCUT2D eigenvalue weighted by Gasteiger charge is 2.24. The Morgan fingerprint density at radius 3 is 2.74 bits per heavy atom. The Morgan fingerprint density at radius 1 is 1.19 bits per heavy atom. The summed E-state index contributed by atoms with van der Waals surface area (Å²) in [5, 5.41) is 8.70. The fraction of sp³-hybridized carbons (Fsp3) is 0.381. The van der Waals surface area contributed by atoms with Gasteiger partial charge in [-0.1, -0.05) is 19.9 Å². The number of aromatic nitrogens is 5. The normalized spacial score (nSPS) is 13.9. The summed E-state index contributed by atoms with van der Waals surface area (Å²) in [6.45, 7) is 5.17. The molecule has 0 atom stereocenters. The van der Waals surface area contributed by atoms with Crippen LogP contribution in [0.4, 0.5) is 0 Å². The first-order valence-corrected chi connectivity index (χ1v) is 11.7. The molecule has 0 unspecified atom stereocenters. The van der Waals surface area contributed by atoms with Crippen LogP contribution in [0.2, 0.25) is 0 Å². The van der Waals surface area contributed by atoms with Crippen molar-refractivity contribution in [2.45, 2.75) is 44.0 Å². The number of ether oxygens (including phenoxy) is 1. The molecule has 164 valence electrons.